The second-order valence-corrected chi connectivity index (χ2v) is 7.71. The highest BCUT2D eigenvalue weighted by Crippen LogP contribution is 2.45. The Morgan fingerprint density at radius 3 is 1.83 bits per heavy atom. The van der Waals surface area contributed by atoms with E-state index in [2.05, 4.69) is 0 Å². The summed E-state index contributed by atoms with van der Waals surface area (Å²) >= 11 is 9.51. The normalized spacial score (nSPS) is 11.2. The molecule has 0 aliphatic heterocycles. The average Bonchev–Trinajstić information content (AvgIpc) is 2.77. The molecular formula is C25H16O2S2. The van der Waals surface area contributed by atoms with E-state index in [0.29, 0.717) is 31.7 Å². The van der Waals surface area contributed by atoms with Crippen molar-refractivity contribution in [1.29, 1.82) is 0 Å². The quantitative estimate of drug-likeness (QED) is 0.245. The van der Waals surface area contributed by atoms with Gasteiger partial charge >= 0.3 is 0 Å². The Morgan fingerprint density at radius 2 is 1.17 bits per heavy atom. The van der Waals surface area contributed by atoms with E-state index >= 15 is 0 Å². The fourth-order valence-electron chi connectivity index (χ4n) is 3.77. The fraction of sp³-hybridized carbons (Fsp3) is 0. The van der Waals surface area contributed by atoms with Crippen LogP contribution in [0.5, 0.6) is 0 Å². The lowest BCUT2D eigenvalue weighted by atomic mass is 9.92. The maximum Gasteiger partial charge on any atom is 0.201 e. The van der Waals surface area contributed by atoms with Gasteiger partial charge in [-0.3, -0.25) is 4.79 Å². The highest BCUT2D eigenvalue weighted by Gasteiger charge is 2.23. The maximum atomic E-state index is 13.3. The van der Waals surface area contributed by atoms with Crippen LogP contribution in [0.4, 0.5) is 0 Å². The van der Waals surface area contributed by atoms with Crippen molar-refractivity contribution >= 4 is 47.2 Å². The van der Waals surface area contributed by atoms with Gasteiger partial charge < -0.3 is 4.42 Å². The molecule has 4 heteroatoms. The van der Waals surface area contributed by atoms with Crippen LogP contribution in [-0.2, 0) is 0 Å². The third-order valence-corrected chi connectivity index (χ3v) is 6.17. The third-order valence-electron chi connectivity index (χ3n) is 5.10. The lowest BCUT2D eigenvalue weighted by Crippen LogP contribution is -2.05. The first-order valence-electron chi connectivity index (χ1n) is 9.21. The van der Waals surface area contributed by atoms with E-state index in [4.69, 9.17) is 29.7 Å². The summed E-state index contributed by atoms with van der Waals surface area (Å²) in [6, 6.07) is 27.2. The molecule has 140 valence electrons. The standard InChI is InChI=1S/C25H16O2S2/c26-22-17-13-7-8-14-18(17)27-23-19(15-9-3-1-4-10-15)20(16-11-5-2-6-12-16)24(28)25(29)21(22)23/h1-14,28-29H. The first kappa shape index (κ1) is 18.1. The summed E-state index contributed by atoms with van der Waals surface area (Å²) in [5.41, 5.74) is 4.68. The first-order valence-corrected chi connectivity index (χ1v) is 10.1. The van der Waals surface area contributed by atoms with Gasteiger partial charge in [-0.2, -0.15) is 0 Å². The molecule has 0 amide bonds. The Hall–Kier alpha value is -2.95. The Morgan fingerprint density at radius 1 is 0.621 bits per heavy atom. The zero-order valence-corrected chi connectivity index (χ0v) is 17.1. The SMILES string of the molecule is O=c1c2ccccc2oc2c(-c3ccccc3)c(-c3ccccc3)c(S)c(S)c12. The van der Waals surface area contributed by atoms with Crippen molar-refractivity contribution in [2.75, 3.05) is 0 Å². The zero-order chi connectivity index (χ0) is 20.0. The molecule has 2 nitrogen and oxygen atoms in total. The molecule has 5 rings (SSSR count). The summed E-state index contributed by atoms with van der Waals surface area (Å²) in [6.45, 7) is 0. The van der Waals surface area contributed by atoms with Crippen LogP contribution >= 0.6 is 25.3 Å². The average molecular weight is 413 g/mol. The van der Waals surface area contributed by atoms with Gasteiger partial charge in [0, 0.05) is 20.9 Å². The second-order valence-electron chi connectivity index (χ2n) is 6.81. The summed E-state index contributed by atoms with van der Waals surface area (Å²) in [4.78, 5) is 14.5. The van der Waals surface area contributed by atoms with Crippen LogP contribution < -0.4 is 5.43 Å². The minimum Gasteiger partial charge on any atom is -0.455 e. The number of para-hydroxylation sites is 1. The maximum absolute atomic E-state index is 13.3. The Labute approximate surface area is 178 Å². The van der Waals surface area contributed by atoms with E-state index in [1.54, 1.807) is 6.07 Å². The van der Waals surface area contributed by atoms with Crippen LogP contribution in [0.3, 0.4) is 0 Å². The van der Waals surface area contributed by atoms with Gasteiger partial charge in [0.15, 0.2) is 0 Å². The smallest absolute Gasteiger partial charge is 0.201 e. The van der Waals surface area contributed by atoms with E-state index in [1.165, 1.54) is 0 Å². The Kier molecular flexibility index (Phi) is 4.46. The molecule has 0 aliphatic carbocycles. The van der Waals surface area contributed by atoms with Gasteiger partial charge in [0.2, 0.25) is 5.43 Å². The fourth-order valence-corrected chi connectivity index (χ4v) is 4.44. The van der Waals surface area contributed by atoms with Crippen LogP contribution in [0.2, 0.25) is 0 Å². The molecule has 1 heterocycles. The summed E-state index contributed by atoms with van der Waals surface area (Å²) in [7, 11) is 0. The molecule has 5 aromatic rings. The zero-order valence-electron chi connectivity index (χ0n) is 15.3. The number of benzene rings is 4. The highest BCUT2D eigenvalue weighted by molar-refractivity contribution is 7.83. The van der Waals surface area contributed by atoms with Crippen molar-refractivity contribution in [2.45, 2.75) is 9.79 Å². The molecule has 29 heavy (non-hydrogen) atoms. The molecule has 0 saturated heterocycles. The molecule has 0 spiro atoms. The van der Waals surface area contributed by atoms with E-state index in [1.807, 2.05) is 78.9 Å². The molecule has 0 fully saturated rings. The number of rotatable bonds is 2. The largest absolute Gasteiger partial charge is 0.455 e. The summed E-state index contributed by atoms with van der Waals surface area (Å²) in [6.07, 6.45) is 0. The predicted molar refractivity (Wildman–Crippen MR) is 125 cm³/mol. The van der Waals surface area contributed by atoms with E-state index < -0.39 is 0 Å². The third kappa shape index (κ3) is 2.87. The molecule has 0 atom stereocenters. The van der Waals surface area contributed by atoms with E-state index in [0.717, 1.165) is 22.3 Å². The molecule has 0 bridgehead atoms. The lowest BCUT2D eigenvalue weighted by Gasteiger charge is -2.18. The molecule has 0 N–H and O–H groups in total. The molecule has 1 aromatic heterocycles. The van der Waals surface area contributed by atoms with Crippen LogP contribution in [0.25, 0.3) is 44.2 Å². The van der Waals surface area contributed by atoms with Gasteiger partial charge in [-0.1, -0.05) is 72.8 Å². The lowest BCUT2D eigenvalue weighted by molar-refractivity contribution is 0.660. The van der Waals surface area contributed by atoms with Crippen molar-refractivity contribution < 1.29 is 4.42 Å². The predicted octanol–water partition coefficient (Wildman–Crippen LogP) is 6.86. The molecule has 0 saturated carbocycles. The second kappa shape index (κ2) is 7.14. The summed E-state index contributed by atoms with van der Waals surface area (Å²) < 4.78 is 6.33. The first-order chi connectivity index (χ1) is 14.2. The van der Waals surface area contributed by atoms with Crippen LogP contribution in [0, 0.1) is 0 Å². The van der Waals surface area contributed by atoms with Crippen molar-refractivity contribution in [1.82, 2.24) is 0 Å². The Bertz CT molecular complexity index is 1420. The number of hydrogen-bond acceptors (Lipinski definition) is 4. The van der Waals surface area contributed by atoms with Gasteiger partial charge in [0.25, 0.3) is 0 Å². The van der Waals surface area contributed by atoms with Gasteiger partial charge in [0.05, 0.1) is 10.8 Å². The van der Waals surface area contributed by atoms with E-state index in [9.17, 15) is 4.79 Å². The topological polar surface area (TPSA) is 30.2 Å². The number of thiol groups is 2. The summed E-state index contributed by atoms with van der Waals surface area (Å²) in [5, 5.41) is 0.991. The summed E-state index contributed by atoms with van der Waals surface area (Å²) in [5.74, 6) is 0. The van der Waals surface area contributed by atoms with Crippen molar-refractivity contribution in [2.24, 2.45) is 0 Å². The molecular weight excluding hydrogens is 396 g/mol. The van der Waals surface area contributed by atoms with Crippen molar-refractivity contribution in [3.05, 3.63) is 95.2 Å². The van der Waals surface area contributed by atoms with E-state index in [-0.39, 0.29) is 5.43 Å². The monoisotopic (exact) mass is 412 g/mol. The van der Waals surface area contributed by atoms with Gasteiger partial charge in [-0.25, -0.2) is 0 Å². The number of hydrogen-bond donors (Lipinski definition) is 2. The van der Waals surface area contributed by atoms with Crippen molar-refractivity contribution in [3.8, 4) is 22.3 Å². The van der Waals surface area contributed by atoms with Gasteiger partial charge in [0.1, 0.15) is 11.2 Å². The molecule has 0 radical (unpaired) electrons. The van der Waals surface area contributed by atoms with Gasteiger partial charge in [-0.15, -0.1) is 25.3 Å². The van der Waals surface area contributed by atoms with Crippen LogP contribution in [0.1, 0.15) is 0 Å². The molecule has 0 unspecified atom stereocenters. The molecule has 0 aliphatic rings. The van der Waals surface area contributed by atoms with Crippen LogP contribution in [-0.4, -0.2) is 0 Å². The minimum absolute atomic E-state index is 0.0982. The van der Waals surface area contributed by atoms with Crippen molar-refractivity contribution in [3.63, 3.8) is 0 Å². The minimum atomic E-state index is -0.0982. The number of fused-ring (bicyclic) bond motifs is 2. The Balaban J connectivity index is 2.07. The highest BCUT2D eigenvalue weighted by atomic mass is 32.1. The van der Waals surface area contributed by atoms with Gasteiger partial charge in [-0.05, 0) is 23.3 Å². The molecule has 4 aromatic carbocycles. The van der Waals surface area contributed by atoms with Crippen LogP contribution in [0.15, 0.2) is 104 Å².